The highest BCUT2D eigenvalue weighted by molar-refractivity contribution is 5.86. The highest BCUT2D eigenvalue weighted by Gasteiger charge is 2.37. The number of hydrogen-bond acceptors (Lipinski definition) is 3. The Morgan fingerprint density at radius 2 is 2.11 bits per heavy atom. The molecule has 1 aromatic heterocycles. The van der Waals surface area contributed by atoms with E-state index in [1.165, 1.54) is 0 Å². The summed E-state index contributed by atoms with van der Waals surface area (Å²) >= 11 is 0. The van der Waals surface area contributed by atoms with Crippen LogP contribution in [-0.2, 0) is 17.4 Å². The van der Waals surface area contributed by atoms with E-state index in [0.717, 1.165) is 47.8 Å². The lowest BCUT2D eigenvalue weighted by Crippen LogP contribution is -2.19. The molecule has 0 bridgehead atoms. The number of rotatable bonds is 2. The van der Waals surface area contributed by atoms with Crippen molar-refractivity contribution in [2.24, 2.45) is 12.0 Å². The van der Waals surface area contributed by atoms with Crippen LogP contribution in [-0.4, -0.2) is 15.9 Å². The number of aromatic nitrogens is 2. The molecule has 0 spiro atoms. The second-order valence-corrected chi connectivity index (χ2v) is 5.35. The van der Waals surface area contributed by atoms with E-state index < -0.39 is 0 Å². The first-order valence-corrected chi connectivity index (χ1v) is 6.70. The van der Waals surface area contributed by atoms with Crippen molar-refractivity contribution in [3.8, 4) is 0 Å². The van der Waals surface area contributed by atoms with Gasteiger partial charge in [-0.1, -0.05) is 25.0 Å². The Balaban J connectivity index is 2.32. The predicted octanol–water partition coefficient (Wildman–Crippen LogP) is 2.99. The third-order valence-corrected chi connectivity index (χ3v) is 4.24. The maximum atomic E-state index is 10.9. The Hall–Kier alpha value is -1.93. The molecule has 0 aliphatic heterocycles. The predicted molar refractivity (Wildman–Crippen MR) is 73.7 cm³/mol. The maximum Gasteiger partial charge on any atom is 0.235 e. The van der Waals surface area contributed by atoms with Gasteiger partial charge in [0.1, 0.15) is 0 Å². The van der Waals surface area contributed by atoms with Gasteiger partial charge in [0.25, 0.3) is 0 Å². The lowest BCUT2D eigenvalue weighted by Gasteiger charge is -2.23. The van der Waals surface area contributed by atoms with Crippen molar-refractivity contribution in [1.29, 1.82) is 0 Å². The number of hydrogen-bond donors (Lipinski definition) is 0. The zero-order valence-electron chi connectivity index (χ0n) is 11.3. The van der Waals surface area contributed by atoms with Crippen LogP contribution < -0.4 is 0 Å². The van der Waals surface area contributed by atoms with Crippen molar-refractivity contribution in [2.75, 3.05) is 0 Å². The average Bonchev–Trinajstić information content (AvgIpc) is 2.97. The number of benzene rings is 1. The molecule has 0 radical (unpaired) electrons. The highest BCUT2D eigenvalue weighted by atomic mass is 16.1. The summed E-state index contributed by atoms with van der Waals surface area (Å²) in [7, 11) is 1.95. The van der Waals surface area contributed by atoms with Gasteiger partial charge in [0.2, 0.25) is 6.08 Å². The number of aliphatic imine (C=N–C) groups is 1. The largest absolute Gasteiger partial charge is 0.268 e. The molecule has 0 atom stereocenters. The molecular weight excluding hydrogens is 238 g/mol. The smallest absolute Gasteiger partial charge is 0.235 e. The molecule has 1 aliphatic carbocycles. The molecular formula is C15H17N3O. The van der Waals surface area contributed by atoms with E-state index in [1.807, 2.05) is 24.7 Å². The van der Waals surface area contributed by atoms with Crippen LogP contribution in [0, 0.1) is 6.92 Å². The Morgan fingerprint density at radius 3 is 2.79 bits per heavy atom. The lowest BCUT2D eigenvalue weighted by atomic mass is 9.86. The number of nitrogens with zero attached hydrogens (tertiary/aromatic N) is 3. The zero-order chi connectivity index (χ0) is 13.5. The third kappa shape index (κ3) is 1.71. The third-order valence-electron chi connectivity index (χ3n) is 4.24. The van der Waals surface area contributed by atoms with Crippen LogP contribution in [0.15, 0.2) is 23.2 Å². The fourth-order valence-electron chi connectivity index (χ4n) is 3.40. The number of isocyanates is 1. The lowest BCUT2D eigenvalue weighted by molar-refractivity contribution is 0.459. The van der Waals surface area contributed by atoms with E-state index >= 15 is 0 Å². The summed E-state index contributed by atoms with van der Waals surface area (Å²) in [4.78, 5) is 15.0. The standard InChI is InChI=1S/C15H17N3O/c1-11-14-12(6-5-7-13(14)18(2)17-11)15(16-10-19)8-3-4-9-15/h5-7H,3-4,8-9H2,1-2H3. The first-order chi connectivity index (χ1) is 9.18. The molecule has 1 aliphatic rings. The van der Waals surface area contributed by atoms with Crippen molar-refractivity contribution < 1.29 is 4.79 Å². The number of carbonyl (C=O) groups excluding carboxylic acids is 1. The van der Waals surface area contributed by atoms with Gasteiger partial charge < -0.3 is 0 Å². The summed E-state index contributed by atoms with van der Waals surface area (Å²) in [5, 5.41) is 5.63. The first kappa shape index (κ1) is 12.1. The molecule has 1 heterocycles. The van der Waals surface area contributed by atoms with Crippen molar-refractivity contribution in [3.05, 3.63) is 29.5 Å². The van der Waals surface area contributed by atoms with Gasteiger partial charge in [-0.25, -0.2) is 4.79 Å². The van der Waals surface area contributed by atoms with Gasteiger partial charge in [-0.3, -0.25) is 4.68 Å². The zero-order valence-corrected chi connectivity index (χ0v) is 11.3. The van der Waals surface area contributed by atoms with Crippen LogP contribution in [0.4, 0.5) is 0 Å². The van der Waals surface area contributed by atoms with E-state index in [2.05, 4.69) is 22.2 Å². The van der Waals surface area contributed by atoms with E-state index in [9.17, 15) is 4.79 Å². The molecule has 0 unspecified atom stereocenters. The van der Waals surface area contributed by atoms with Gasteiger partial charge in [0, 0.05) is 12.4 Å². The normalized spacial score (nSPS) is 17.6. The number of fused-ring (bicyclic) bond motifs is 1. The second-order valence-electron chi connectivity index (χ2n) is 5.35. The van der Waals surface area contributed by atoms with E-state index in [1.54, 1.807) is 6.08 Å². The van der Waals surface area contributed by atoms with Gasteiger partial charge in [-0.05, 0) is 31.4 Å². The Kier molecular flexibility index (Phi) is 2.76. The molecule has 4 heteroatoms. The van der Waals surface area contributed by atoms with E-state index in [-0.39, 0.29) is 5.54 Å². The molecule has 19 heavy (non-hydrogen) atoms. The monoisotopic (exact) mass is 255 g/mol. The fourth-order valence-corrected chi connectivity index (χ4v) is 3.40. The highest BCUT2D eigenvalue weighted by Crippen LogP contribution is 2.45. The second kappa shape index (κ2) is 4.32. The Bertz CT molecular complexity index is 674. The quantitative estimate of drug-likeness (QED) is 0.611. The van der Waals surface area contributed by atoms with Crippen LogP contribution in [0.2, 0.25) is 0 Å². The SMILES string of the molecule is Cc1nn(C)c2cccc(C3(N=C=O)CCCC3)c12. The van der Waals surface area contributed by atoms with E-state index in [0.29, 0.717) is 0 Å². The van der Waals surface area contributed by atoms with Gasteiger partial charge in [0.05, 0.1) is 16.7 Å². The summed E-state index contributed by atoms with van der Waals surface area (Å²) in [6.45, 7) is 2.01. The maximum absolute atomic E-state index is 10.9. The minimum Gasteiger partial charge on any atom is -0.268 e. The summed E-state index contributed by atoms with van der Waals surface area (Å²) < 4.78 is 1.89. The molecule has 2 aromatic rings. The molecule has 1 saturated carbocycles. The summed E-state index contributed by atoms with van der Waals surface area (Å²) in [6, 6.07) is 6.18. The van der Waals surface area contributed by atoms with Crippen LogP contribution in [0.3, 0.4) is 0 Å². The summed E-state index contributed by atoms with van der Waals surface area (Å²) in [5.74, 6) is 0. The summed E-state index contributed by atoms with van der Waals surface area (Å²) in [5.41, 5.74) is 2.86. The topological polar surface area (TPSA) is 47.2 Å². The molecule has 0 saturated heterocycles. The molecule has 3 rings (SSSR count). The minimum absolute atomic E-state index is 0.380. The van der Waals surface area contributed by atoms with Crippen molar-refractivity contribution in [1.82, 2.24) is 9.78 Å². The van der Waals surface area contributed by atoms with Crippen LogP contribution in [0.25, 0.3) is 10.9 Å². The molecule has 1 aromatic carbocycles. The van der Waals surface area contributed by atoms with Crippen molar-refractivity contribution in [3.63, 3.8) is 0 Å². The van der Waals surface area contributed by atoms with Gasteiger partial charge in [0.15, 0.2) is 0 Å². The molecule has 0 amide bonds. The molecule has 4 nitrogen and oxygen atoms in total. The fraction of sp³-hybridized carbons (Fsp3) is 0.467. The first-order valence-electron chi connectivity index (χ1n) is 6.70. The Labute approximate surface area is 112 Å². The van der Waals surface area contributed by atoms with E-state index in [4.69, 9.17) is 0 Å². The molecule has 98 valence electrons. The van der Waals surface area contributed by atoms with Crippen molar-refractivity contribution >= 4 is 17.0 Å². The average molecular weight is 255 g/mol. The van der Waals surface area contributed by atoms with Gasteiger partial charge in [-0.2, -0.15) is 10.1 Å². The van der Waals surface area contributed by atoms with Gasteiger partial charge in [-0.15, -0.1) is 0 Å². The van der Waals surface area contributed by atoms with Crippen molar-refractivity contribution in [2.45, 2.75) is 38.1 Å². The van der Waals surface area contributed by atoms with Crippen LogP contribution in [0.1, 0.15) is 36.9 Å². The van der Waals surface area contributed by atoms with Crippen LogP contribution >= 0.6 is 0 Å². The molecule has 1 fully saturated rings. The minimum atomic E-state index is -0.380. The summed E-state index contributed by atoms with van der Waals surface area (Å²) in [6.07, 6.45) is 5.86. The van der Waals surface area contributed by atoms with Gasteiger partial charge >= 0.3 is 0 Å². The Morgan fingerprint density at radius 1 is 1.37 bits per heavy atom. The molecule has 0 N–H and O–H groups in total. The van der Waals surface area contributed by atoms with Crippen LogP contribution in [0.5, 0.6) is 0 Å². The number of aryl methyl sites for hydroxylation is 2.